The first-order chi connectivity index (χ1) is 11.2. The highest BCUT2D eigenvalue weighted by Gasteiger charge is 2.21. The molecular formula is C18H19Cl2N3S. The number of rotatable bonds is 2. The molecule has 3 nitrogen and oxygen atoms in total. The summed E-state index contributed by atoms with van der Waals surface area (Å²) in [7, 11) is 0. The van der Waals surface area contributed by atoms with Gasteiger partial charge in [-0.25, -0.2) is 9.97 Å². The Labute approximate surface area is 156 Å². The fraction of sp³-hybridized carbons (Fsp3) is 0.333. The van der Waals surface area contributed by atoms with Gasteiger partial charge in [0.2, 0.25) is 0 Å². The number of nitrogens with one attached hydrogen (secondary N) is 1. The molecule has 0 unspecified atom stereocenters. The van der Waals surface area contributed by atoms with Gasteiger partial charge in [-0.3, -0.25) is 0 Å². The highest BCUT2D eigenvalue weighted by molar-refractivity contribution is 7.22. The predicted octanol–water partition coefficient (Wildman–Crippen LogP) is 5.21. The van der Waals surface area contributed by atoms with Crippen molar-refractivity contribution in [2.75, 3.05) is 13.1 Å². The van der Waals surface area contributed by atoms with Crippen LogP contribution in [0.5, 0.6) is 0 Å². The van der Waals surface area contributed by atoms with E-state index in [1.54, 1.807) is 11.3 Å². The molecule has 0 bridgehead atoms. The molecule has 1 aliphatic heterocycles. The smallest absolute Gasteiger partial charge is 0.126 e. The van der Waals surface area contributed by atoms with Crippen molar-refractivity contribution in [2.24, 2.45) is 0 Å². The number of aryl methyl sites for hydroxylation is 1. The van der Waals surface area contributed by atoms with E-state index in [1.165, 1.54) is 20.8 Å². The number of benzene rings is 1. The summed E-state index contributed by atoms with van der Waals surface area (Å²) in [5.41, 5.74) is 3.49. The molecule has 24 heavy (non-hydrogen) atoms. The maximum absolute atomic E-state index is 6.00. The Hall–Kier alpha value is -1.20. The van der Waals surface area contributed by atoms with Gasteiger partial charge < -0.3 is 5.32 Å². The monoisotopic (exact) mass is 379 g/mol. The molecule has 0 saturated carbocycles. The van der Waals surface area contributed by atoms with Crippen molar-refractivity contribution in [3.63, 3.8) is 0 Å². The predicted molar refractivity (Wildman–Crippen MR) is 105 cm³/mol. The first kappa shape index (κ1) is 17.6. The zero-order chi connectivity index (χ0) is 15.8. The van der Waals surface area contributed by atoms with Gasteiger partial charge in [-0.15, -0.1) is 23.7 Å². The Morgan fingerprint density at radius 1 is 1.12 bits per heavy atom. The number of hydrogen-bond donors (Lipinski definition) is 1. The summed E-state index contributed by atoms with van der Waals surface area (Å²) in [4.78, 5) is 10.7. The van der Waals surface area contributed by atoms with E-state index in [1.807, 2.05) is 19.1 Å². The van der Waals surface area contributed by atoms with E-state index in [0.29, 0.717) is 5.92 Å². The molecule has 1 saturated heterocycles. The number of thiophene rings is 1. The third-order valence-electron chi connectivity index (χ3n) is 4.36. The Morgan fingerprint density at radius 2 is 1.83 bits per heavy atom. The lowest BCUT2D eigenvalue weighted by molar-refractivity contribution is 0.455. The van der Waals surface area contributed by atoms with Gasteiger partial charge in [0, 0.05) is 15.8 Å². The highest BCUT2D eigenvalue weighted by atomic mass is 35.5. The van der Waals surface area contributed by atoms with E-state index in [2.05, 4.69) is 28.5 Å². The average Bonchev–Trinajstić information content (AvgIpc) is 2.99. The van der Waals surface area contributed by atoms with E-state index in [9.17, 15) is 0 Å². The molecule has 0 amide bonds. The number of hydrogen-bond acceptors (Lipinski definition) is 4. The van der Waals surface area contributed by atoms with Crippen molar-refractivity contribution >= 4 is 45.6 Å². The first-order valence-electron chi connectivity index (χ1n) is 7.95. The lowest BCUT2D eigenvalue weighted by atomic mass is 9.94. The Bertz CT molecular complexity index is 839. The summed E-state index contributed by atoms with van der Waals surface area (Å²) in [6.07, 6.45) is 2.31. The number of fused-ring (bicyclic) bond motifs is 1. The second-order valence-corrected chi connectivity index (χ2v) is 7.50. The number of aromatic nitrogens is 2. The van der Waals surface area contributed by atoms with Crippen molar-refractivity contribution in [1.29, 1.82) is 0 Å². The Morgan fingerprint density at radius 3 is 2.54 bits per heavy atom. The van der Waals surface area contributed by atoms with Gasteiger partial charge >= 0.3 is 0 Å². The van der Waals surface area contributed by atoms with Crippen LogP contribution in [-0.2, 0) is 0 Å². The van der Waals surface area contributed by atoms with Gasteiger partial charge in [0.05, 0.1) is 15.9 Å². The van der Waals surface area contributed by atoms with Crippen molar-refractivity contribution in [3.05, 3.63) is 46.9 Å². The molecule has 6 heteroatoms. The molecule has 1 aromatic carbocycles. The molecule has 0 radical (unpaired) electrons. The van der Waals surface area contributed by atoms with Gasteiger partial charge in [-0.05, 0) is 56.6 Å². The molecule has 0 aliphatic carbocycles. The molecule has 0 atom stereocenters. The van der Waals surface area contributed by atoms with Crippen LogP contribution in [0.3, 0.4) is 0 Å². The third-order valence-corrected chi connectivity index (χ3v) is 5.81. The SMILES string of the molecule is Cc1nc(C2CCNCC2)c2sc(-c3ccc(Cl)cc3)cc2n1.Cl. The molecule has 0 spiro atoms. The summed E-state index contributed by atoms with van der Waals surface area (Å²) in [5, 5.41) is 4.20. The standard InChI is InChI=1S/C18H18ClN3S.ClH/c1-11-21-15-10-16(12-2-4-14(19)5-3-12)23-18(15)17(22-11)13-6-8-20-9-7-13;/h2-5,10,13,20H,6-9H2,1H3;1H. The zero-order valence-corrected chi connectivity index (χ0v) is 15.8. The van der Waals surface area contributed by atoms with Crippen LogP contribution in [0.15, 0.2) is 30.3 Å². The fourth-order valence-corrected chi connectivity index (χ4v) is 4.50. The minimum absolute atomic E-state index is 0. The normalized spacial score (nSPS) is 15.4. The van der Waals surface area contributed by atoms with Crippen molar-refractivity contribution in [1.82, 2.24) is 15.3 Å². The maximum atomic E-state index is 6.00. The van der Waals surface area contributed by atoms with Crippen LogP contribution in [0.2, 0.25) is 5.02 Å². The van der Waals surface area contributed by atoms with E-state index in [0.717, 1.165) is 42.3 Å². The van der Waals surface area contributed by atoms with Crippen LogP contribution in [0.4, 0.5) is 0 Å². The average molecular weight is 380 g/mol. The van der Waals surface area contributed by atoms with Crippen LogP contribution in [-0.4, -0.2) is 23.1 Å². The van der Waals surface area contributed by atoms with E-state index in [-0.39, 0.29) is 12.4 Å². The summed E-state index contributed by atoms with van der Waals surface area (Å²) in [6.45, 7) is 4.14. The molecule has 3 aromatic rings. The van der Waals surface area contributed by atoms with Crippen molar-refractivity contribution in [2.45, 2.75) is 25.7 Å². The molecular weight excluding hydrogens is 361 g/mol. The molecule has 1 aliphatic rings. The molecule has 3 heterocycles. The van der Waals surface area contributed by atoms with Gasteiger partial charge in [0.15, 0.2) is 0 Å². The summed E-state index contributed by atoms with van der Waals surface area (Å²) in [5.74, 6) is 1.41. The first-order valence-corrected chi connectivity index (χ1v) is 9.15. The third kappa shape index (κ3) is 3.42. The van der Waals surface area contributed by atoms with Crippen LogP contribution < -0.4 is 5.32 Å². The Kier molecular flexibility index (Phi) is 5.40. The van der Waals surface area contributed by atoms with Crippen molar-refractivity contribution < 1.29 is 0 Å². The topological polar surface area (TPSA) is 37.8 Å². The molecule has 126 valence electrons. The molecule has 2 aromatic heterocycles. The number of halogens is 2. The van der Waals surface area contributed by atoms with Gasteiger partial charge in [-0.1, -0.05) is 23.7 Å². The maximum Gasteiger partial charge on any atom is 0.126 e. The largest absolute Gasteiger partial charge is 0.317 e. The van der Waals surface area contributed by atoms with Gasteiger partial charge in [0.25, 0.3) is 0 Å². The second-order valence-electron chi connectivity index (χ2n) is 6.01. The summed E-state index contributed by atoms with van der Waals surface area (Å²) >= 11 is 7.80. The Balaban J connectivity index is 0.00000169. The summed E-state index contributed by atoms with van der Waals surface area (Å²) < 4.78 is 1.24. The van der Waals surface area contributed by atoms with Crippen LogP contribution in [0.1, 0.15) is 30.3 Å². The number of piperidine rings is 1. The minimum atomic E-state index is 0. The van der Waals surface area contributed by atoms with Crippen molar-refractivity contribution in [3.8, 4) is 10.4 Å². The van der Waals surface area contributed by atoms with E-state index >= 15 is 0 Å². The van der Waals surface area contributed by atoms with Crippen LogP contribution in [0, 0.1) is 6.92 Å². The molecule has 1 N–H and O–H groups in total. The second kappa shape index (κ2) is 7.36. The number of nitrogens with zero attached hydrogens (tertiary/aromatic N) is 2. The van der Waals surface area contributed by atoms with E-state index in [4.69, 9.17) is 16.6 Å². The lowest BCUT2D eigenvalue weighted by Crippen LogP contribution is -2.27. The summed E-state index contributed by atoms with van der Waals surface area (Å²) in [6, 6.07) is 10.2. The molecule has 4 rings (SSSR count). The van der Waals surface area contributed by atoms with Crippen LogP contribution in [0.25, 0.3) is 20.7 Å². The highest BCUT2D eigenvalue weighted by Crippen LogP contribution is 2.38. The van der Waals surface area contributed by atoms with Gasteiger partial charge in [-0.2, -0.15) is 0 Å². The zero-order valence-electron chi connectivity index (χ0n) is 13.4. The van der Waals surface area contributed by atoms with E-state index < -0.39 is 0 Å². The fourth-order valence-electron chi connectivity index (χ4n) is 3.20. The lowest BCUT2D eigenvalue weighted by Gasteiger charge is -2.22. The van der Waals surface area contributed by atoms with Crippen LogP contribution >= 0.6 is 35.3 Å². The van der Waals surface area contributed by atoms with Gasteiger partial charge in [0.1, 0.15) is 5.82 Å². The quantitative estimate of drug-likeness (QED) is 0.663. The minimum Gasteiger partial charge on any atom is -0.317 e. The molecule has 1 fully saturated rings.